The van der Waals surface area contributed by atoms with Crippen LogP contribution in [-0.4, -0.2) is 46.0 Å². The summed E-state index contributed by atoms with van der Waals surface area (Å²) in [5.41, 5.74) is 0.510. The predicted molar refractivity (Wildman–Crippen MR) is 117 cm³/mol. The van der Waals surface area contributed by atoms with Crippen molar-refractivity contribution >= 4 is 17.8 Å². The topological polar surface area (TPSA) is 77.9 Å². The summed E-state index contributed by atoms with van der Waals surface area (Å²) in [5.74, 6) is -2.28. The van der Waals surface area contributed by atoms with Crippen molar-refractivity contribution < 1.29 is 19.5 Å². The van der Waals surface area contributed by atoms with Crippen LogP contribution in [0.2, 0.25) is 0 Å². The monoisotopic (exact) mass is 416 g/mol. The highest BCUT2D eigenvalue weighted by Crippen LogP contribution is 2.22. The second kappa shape index (κ2) is 13.0. The van der Waals surface area contributed by atoms with E-state index < -0.39 is 11.9 Å². The van der Waals surface area contributed by atoms with E-state index in [-0.39, 0.29) is 24.8 Å². The molecule has 1 unspecified atom stereocenters. The van der Waals surface area contributed by atoms with Crippen LogP contribution in [0.5, 0.6) is 0 Å². The van der Waals surface area contributed by atoms with Gasteiger partial charge < -0.3 is 5.11 Å². The third kappa shape index (κ3) is 7.47. The van der Waals surface area contributed by atoms with Gasteiger partial charge in [-0.05, 0) is 18.6 Å². The SMILES string of the molecule is CCCCCCCCCCCCN(C(=O)c1ccccc1)N1CC(C(=O)O)CC1=O. The molecule has 166 valence electrons. The fourth-order valence-electron chi connectivity index (χ4n) is 3.90. The minimum absolute atomic E-state index is 0.0497. The molecule has 30 heavy (non-hydrogen) atoms. The molecule has 0 spiro atoms. The van der Waals surface area contributed by atoms with Crippen LogP contribution in [0.15, 0.2) is 30.3 Å². The van der Waals surface area contributed by atoms with Crippen molar-refractivity contribution in [1.82, 2.24) is 10.0 Å². The summed E-state index contributed by atoms with van der Waals surface area (Å²) in [6.45, 7) is 2.72. The van der Waals surface area contributed by atoms with Crippen molar-refractivity contribution in [1.29, 1.82) is 0 Å². The lowest BCUT2D eigenvalue weighted by molar-refractivity contribution is -0.141. The Hall–Kier alpha value is -2.37. The number of hydrogen-bond acceptors (Lipinski definition) is 3. The van der Waals surface area contributed by atoms with E-state index in [0.717, 1.165) is 19.3 Å². The molecule has 0 bridgehead atoms. The molecule has 6 nitrogen and oxygen atoms in total. The summed E-state index contributed by atoms with van der Waals surface area (Å²) in [5, 5.41) is 12.1. The first-order chi connectivity index (χ1) is 14.5. The van der Waals surface area contributed by atoms with E-state index in [1.165, 1.54) is 55.0 Å². The number of nitrogens with zero attached hydrogens (tertiary/aromatic N) is 2. The number of carbonyl (C=O) groups is 3. The van der Waals surface area contributed by atoms with Gasteiger partial charge in [-0.2, -0.15) is 0 Å². The lowest BCUT2D eigenvalue weighted by Gasteiger charge is -2.32. The van der Waals surface area contributed by atoms with Gasteiger partial charge in [0.1, 0.15) is 0 Å². The van der Waals surface area contributed by atoms with Gasteiger partial charge in [0.15, 0.2) is 0 Å². The Bertz CT molecular complexity index is 677. The van der Waals surface area contributed by atoms with E-state index in [1.807, 2.05) is 6.07 Å². The average molecular weight is 417 g/mol. The highest BCUT2D eigenvalue weighted by molar-refractivity contribution is 5.96. The van der Waals surface area contributed by atoms with Crippen molar-refractivity contribution in [3.8, 4) is 0 Å². The van der Waals surface area contributed by atoms with Gasteiger partial charge in [0.05, 0.1) is 12.5 Å². The number of unbranched alkanes of at least 4 members (excludes halogenated alkanes) is 9. The maximum absolute atomic E-state index is 13.0. The van der Waals surface area contributed by atoms with Crippen LogP contribution in [0, 0.1) is 5.92 Å². The minimum Gasteiger partial charge on any atom is -0.481 e. The van der Waals surface area contributed by atoms with Crippen molar-refractivity contribution in [2.75, 3.05) is 13.1 Å². The molecule has 0 saturated carbocycles. The number of carbonyl (C=O) groups excluding carboxylic acids is 2. The lowest BCUT2D eigenvalue weighted by atomic mass is 10.1. The Morgan fingerprint density at radius 3 is 2.07 bits per heavy atom. The van der Waals surface area contributed by atoms with Gasteiger partial charge in [-0.3, -0.25) is 19.4 Å². The summed E-state index contributed by atoms with van der Waals surface area (Å²) >= 11 is 0. The number of rotatable bonds is 14. The Balaban J connectivity index is 1.84. The van der Waals surface area contributed by atoms with Crippen LogP contribution >= 0.6 is 0 Å². The van der Waals surface area contributed by atoms with Gasteiger partial charge in [-0.1, -0.05) is 82.9 Å². The molecular weight excluding hydrogens is 380 g/mol. The van der Waals surface area contributed by atoms with Crippen molar-refractivity contribution in [2.24, 2.45) is 5.92 Å². The van der Waals surface area contributed by atoms with Crippen LogP contribution < -0.4 is 0 Å². The largest absolute Gasteiger partial charge is 0.481 e. The standard InChI is InChI=1S/C24H36N2O4/c1-2-3-4-5-6-7-8-9-10-14-17-25(23(28)20-15-12-11-13-16-20)26-19-21(24(29)30)18-22(26)27/h11-13,15-16,21H,2-10,14,17-19H2,1H3,(H,29,30). The molecule has 1 saturated heterocycles. The number of hydrazine groups is 1. The third-order valence-electron chi connectivity index (χ3n) is 5.72. The summed E-state index contributed by atoms with van der Waals surface area (Å²) < 4.78 is 0. The average Bonchev–Trinajstić information content (AvgIpc) is 3.14. The van der Waals surface area contributed by atoms with E-state index in [2.05, 4.69) is 6.92 Å². The molecular formula is C24H36N2O4. The predicted octanol–water partition coefficient (Wildman–Crippen LogP) is 4.90. The van der Waals surface area contributed by atoms with E-state index >= 15 is 0 Å². The first-order valence-corrected chi connectivity index (χ1v) is 11.4. The van der Waals surface area contributed by atoms with Crippen LogP contribution in [0.3, 0.4) is 0 Å². The van der Waals surface area contributed by atoms with Crippen molar-refractivity contribution in [2.45, 2.75) is 77.6 Å². The quantitative estimate of drug-likeness (QED) is 0.438. The maximum atomic E-state index is 13.0. The number of hydrogen-bond donors (Lipinski definition) is 1. The van der Waals surface area contributed by atoms with Crippen LogP contribution in [0.1, 0.15) is 87.9 Å². The Morgan fingerprint density at radius 1 is 0.967 bits per heavy atom. The van der Waals surface area contributed by atoms with Gasteiger partial charge in [-0.15, -0.1) is 0 Å². The molecule has 0 aliphatic carbocycles. The highest BCUT2D eigenvalue weighted by atomic mass is 16.4. The summed E-state index contributed by atoms with van der Waals surface area (Å²) in [6.07, 6.45) is 11.8. The smallest absolute Gasteiger partial charge is 0.308 e. The van der Waals surface area contributed by atoms with E-state index in [0.29, 0.717) is 12.1 Å². The Kier molecular flexibility index (Phi) is 10.4. The van der Waals surface area contributed by atoms with Crippen LogP contribution in [0.4, 0.5) is 0 Å². The fraction of sp³-hybridized carbons (Fsp3) is 0.625. The normalized spacial score (nSPS) is 16.1. The van der Waals surface area contributed by atoms with Crippen LogP contribution in [-0.2, 0) is 9.59 Å². The zero-order valence-electron chi connectivity index (χ0n) is 18.2. The molecule has 1 heterocycles. The van der Waals surface area contributed by atoms with E-state index in [1.54, 1.807) is 24.3 Å². The van der Waals surface area contributed by atoms with Gasteiger partial charge in [0.2, 0.25) is 5.91 Å². The summed E-state index contributed by atoms with van der Waals surface area (Å²) in [6, 6.07) is 8.87. The third-order valence-corrected chi connectivity index (χ3v) is 5.72. The fourth-order valence-corrected chi connectivity index (χ4v) is 3.90. The van der Waals surface area contributed by atoms with Crippen molar-refractivity contribution in [3.63, 3.8) is 0 Å². The minimum atomic E-state index is -0.989. The molecule has 1 aromatic rings. The molecule has 6 heteroatoms. The maximum Gasteiger partial charge on any atom is 0.308 e. The number of aliphatic carboxylic acids is 1. The molecule has 1 N–H and O–H groups in total. The Morgan fingerprint density at radius 2 is 1.53 bits per heavy atom. The molecule has 2 amide bonds. The Labute approximate surface area is 180 Å². The zero-order valence-corrected chi connectivity index (χ0v) is 18.2. The number of carboxylic acids is 1. The first kappa shape index (κ1) is 23.9. The second-order valence-corrected chi connectivity index (χ2v) is 8.19. The lowest BCUT2D eigenvalue weighted by Crippen LogP contribution is -2.48. The molecule has 0 radical (unpaired) electrons. The molecule has 1 fully saturated rings. The van der Waals surface area contributed by atoms with E-state index in [4.69, 9.17) is 0 Å². The number of benzene rings is 1. The summed E-state index contributed by atoms with van der Waals surface area (Å²) in [7, 11) is 0. The number of amides is 2. The molecule has 1 aliphatic heterocycles. The van der Waals surface area contributed by atoms with Crippen LogP contribution in [0.25, 0.3) is 0 Å². The molecule has 1 aliphatic rings. The van der Waals surface area contributed by atoms with E-state index in [9.17, 15) is 19.5 Å². The highest BCUT2D eigenvalue weighted by Gasteiger charge is 2.39. The molecule has 0 aromatic heterocycles. The summed E-state index contributed by atoms with van der Waals surface area (Å²) in [4.78, 5) is 36.8. The van der Waals surface area contributed by atoms with Gasteiger partial charge in [-0.25, -0.2) is 5.01 Å². The first-order valence-electron chi connectivity index (χ1n) is 11.4. The molecule has 2 rings (SSSR count). The van der Waals surface area contributed by atoms with Gasteiger partial charge in [0, 0.05) is 18.5 Å². The number of carboxylic acid groups (broad SMARTS) is 1. The van der Waals surface area contributed by atoms with Gasteiger partial charge in [0.25, 0.3) is 5.91 Å². The second-order valence-electron chi connectivity index (χ2n) is 8.19. The van der Waals surface area contributed by atoms with Gasteiger partial charge >= 0.3 is 5.97 Å². The molecule has 1 atom stereocenters. The molecule has 1 aromatic carbocycles. The zero-order chi connectivity index (χ0) is 21.8. The van der Waals surface area contributed by atoms with Crippen molar-refractivity contribution in [3.05, 3.63) is 35.9 Å².